The average molecular weight is 336 g/mol. The maximum atomic E-state index is 12.8. The van der Waals surface area contributed by atoms with Gasteiger partial charge in [-0.05, 0) is 25.0 Å². The fourth-order valence-electron chi connectivity index (χ4n) is 3.20. The summed E-state index contributed by atoms with van der Waals surface area (Å²) in [6.07, 6.45) is 16.1. The number of aromatic nitrogens is 5. The van der Waals surface area contributed by atoms with Crippen LogP contribution in [0.4, 0.5) is 0 Å². The number of imidazole rings is 2. The Bertz CT molecular complexity index is 782. The summed E-state index contributed by atoms with van der Waals surface area (Å²) in [5.74, 6) is 1.24. The fourth-order valence-corrected chi connectivity index (χ4v) is 3.20. The van der Waals surface area contributed by atoms with Gasteiger partial charge in [-0.3, -0.25) is 13.9 Å². The lowest BCUT2D eigenvalue weighted by Crippen LogP contribution is -2.36. The average Bonchev–Trinajstić information content (AvgIpc) is 3.36. The Labute approximate surface area is 145 Å². The second-order valence-corrected chi connectivity index (χ2v) is 6.32. The van der Waals surface area contributed by atoms with Gasteiger partial charge in [-0.1, -0.05) is 19.3 Å². The molecule has 4 rings (SSSR count). The van der Waals surface area contributed by atoms with Crippen LogP contribution in [-0.2, 0) is 0 Å². The van der Waals surface area contributed by atoms with E-state index in [0.29, 0.717) is 17.2 Å². The van der Waals surface area contributed by atoms with Crippen LogP contribution < -0.4 is 5.32 Å². The number of nitrogens with zero attached hydrogens (tertiary/aromatic N) is 5. The highest BCUT2D eigenvalue weighted by Gasteiger charge is 2.18. The lowest BCUT2D eigenvalue weighted by molar-refractivity contribution is 0.0927. The van der Waals surface area contributed by atoms with E-state index in [2.05, 4.69) is 20.3 Å². The van der Waals surface area contributed by atoms with Gasteiger partial charge in [-0.2, -0.15) is 0 Å². The van der Waals surface area contributed by atoms with Crippen LogP contribution in [0.5, 0.6) is 0 Å². The van der Waals surface area contributed by atoms with Crippen molar-refractivity contribution in [3.8, 4) is 11.6 Å². The Morgan fingerprint density at radius 1 is 0.960 bits per heavy atom. The minimum absolute atomic E-state index is 0.0583. The first kappa shape index (κ1) is 15.6. The van der Waals surface area contributed by atoms with Crippen molar-refractivity contribution < 1.29 is 4.79 Å². The monoisotopic (exact) mass is 336 g/mol. The number of carbonyl (C=O) groups excluding carboxylic acids is 1. The van der Waals surface area contributed by atoms with Gasteiger partial charge in [0.25, 0.3) is 5.91 Å². The Morgan fingerprint density at radius 3 is 2.08 bits per heavy atom. The Balaban J connectivity index is 1.67. The molecule has 3 aromatic rings. The fraction of sp³-hybridized carbons (Fsp3) is 0.333. The lowest BCUT2D eigenvalue weighted by Gasteiger charge is -2.23. The maximum absolute atomic E-state index is 12.8. The molecule has 3 heterocycles. The Kier molecular flexibility index (Phi) is 4.28. The summed E-state index contributed by atoms with van der Waals surface area (Å²) in [4.78, 5) is 25.5. The predicted octanol–water partition coefficient (Wildman–Crippen LogP) is 2.52. The predicted molar refractivity (Wildman–Crippen MR) is 92.8 cm³/mol. The van der Waals surface area contributed by atoms with Gasteiger partial charge in [0.05, 0.1) is 0 Å². The van der Waals surface area contributed by atoms with Gasteiger partial charge in [0.15, 0.2) is 0 Å². The van der Waals surface area contributed by atoms with Gasteiger partial charge < -0.3 is 5.32 Å². The van der Waals surface area contributed by atoms with Crippen molar-refractivity contribution in [1.29, 1.82) is 0 Å². The highest BCUT2D eigenvalue weighted by Crippen LogP contribution is 2.19. The third-order valence-corrected chi connectivity index (χ3v) is 4.54. The topological polar surface area (TPSA) is 77.6 Å². The molecule has 0 aliphatic heterocycles. The number of rotatable bonds is 4. The molecule has 1 N–H and O–H groups in total. The molecule has 3 aromatic heterocycles. The molecule has 0 saturated heterocycles. The van der Waals surface area contributed by atoms with Gasteiger partial charge in [-0.15, -0.1) is 0 Å². The van der Waals surface area contributed by atoms with Crippen molar-refractivity contribution in [1.82, 2.24) is 29.4 Å². The molecule has 25 heavy (non-hydrogen) atoms. The summed E-state index contributed by atoms with van der Waals surface area (Å²) >= 11 is 0. The van der Waals surface area contributed by atoms with Gasteiger partial charge in [0, 0.05) is 36.4 Å². The first-order valence-corrected chi connectivity index (χ1v) is 8.59. The van der Waals surface area contributed by atoms with Crippen molar-refractivity contribution in [2.24, 2.45) is 0 Å². The summed E-state index contributed by atoms with van der Waals surface area (Å²) in [5.41, 5.74) is 0.591. The number of amides is 1. The molecule has 1 amide bonds. The van der Waals surface area contributed by atoms with Crippen LogP contribution in [0, 0.1) is 0 Å². The van der Waals surface area contributed by atoms with Gasteiger partial charge in [-0.25, -0.2) is 15.0 Å². The number of pyridine rings is 1. The number of carbonyl (C=O) groups is 1. The molecular formula is C18H20N6O. The second-order valence-electron chi connectivity index (χ2n) is 6.32. The standard InChI is InChI=1S/C18H20N6O/c25-18(21-15-4-2-1-3-5-15)14-10-16(23-8-6-19-12-23)22-17(11-14)24-9-7-20-13-24/h6-13,15H,1-5H2,(H,21,25). The molecule has 0 bridgehead atoms. The zero-order valence-corrected chi connectivity index (χ0v) is 13.9. The minimum Gasteiger partial charge on any atom is -0.349 e. The second kappa shape index (κ2) is 6.88. The smallest absolute Gasteiger partial charge is 0.251 e. The van der Waals surface area contributed by atoms with E-state index in [1.807, 2.05) is 12.4 Å². The van der Waals surface area contributed by atoms with Crippen molar-refractivity contribution in [3.05, 3.63) is 55.1 Å². The third kappa shape index (κ3) is 3.45. The Morgan fingerprint density at radius 2 is 1.56 bits per heavy atom. The normalized spacial score (nSPS) is 15.2. The highest BCUT2D eigenvalue weighted by atomic mass is 16.1. The first-order valence-electron chi connectivity index (χ1n) is 8.59. The van der Waals surface area contributed by atoms with Crippen LogP contribution >= 0.6 is 0 Å². The highest BCUT2D eigenvalue weighted by molar-refractivity contribution is 5.95. The van der Waals surface area contributed by atoms with Crippen molar-refractivity contribution in [2.75, 3.05) is 0 Å². The largest absolute Gasteiger partial charge is 0.349 e. The van der Waals surface area contributed by atoms with E-state index in [9.17, 15) is 4.79 Å². The SMILES string of the molecule is O=C(NC1CCCCC1)c1cc(-n2ccnc2)nc(-n2ccnc2)c1. The van der Waals surface area contributed by atoms with Crippen molar-refractivity contribution in [2.45, 2.75) is 38.1 Å². The molecule has 1 saturated carbocycles. The molecule has 0 atom stereocenters. The summed E-state index contributed by atoms with van der Waals surface area (Å²) in [6.45, 7) is 0. The zero-order valence-electron chi connectivity index (χ0n) is 13.9. The molecule has 1 aliphatic carbocycles. The maximum Gasteiger partial charge on any atom is 0.251 e. The molecule has 0 unspecified atom stereocenters. The van der Waals surface area contributed by atoms with Crippen LogP contribution in [0.2, 0.25) is 0 Å². The van der Waals surface area contributed by atoms with Crippen molar-refractivity contribution in [3.63, 3.8) is 0 Å². The number of hydrogen-bond donors (Lipinski definition) is 1. The van der Waals surface area contributed by atoms with E-state index in [1.165, 1.54) is 19.3 Å². The molecule has 0 spiro atoms. The minimum atomic E-state index is -0.0583. The number of hydrogen-bond acceptors (Lipinski definition) is 4. The van der Waals surface area contributed by atoms with Crippen LogP contribution in [0.3, 0.4) is 0 Å². The van der Waals surface area contributed by atoms with Crippen LogP contribution in [0.15, 0.2) is 49.6 Å². The lowest BCUT2D eigenvalue weighted by atomic mass is 9.95. The molecule has 0 aromatic carbocycles. The molecule has 0 radical (unpaired) electrons. The van der Waals surface area contributed by atoms with E-state index in [4.69, 9.17) is 0 Å². The zero-order chi connectivity index (χ0) is 17.1. The molecule has 7 nitrogen and oxygen atoms in total. The summed E-state index contributed by atoms with van der Waals surface area (Å²) in [7, 11) is 0. The van der Waals surface area contributed by atoms with Gasteiger partial charge in [0.2, 0.25) is 0 Å². The van der Waals surface area contributed by atoms with Crippen LogP contribution in [0.1, 0.15) is 42.5 Å². The first-order chi connectivity index (χ1) is 12.3. The summed E-state index contributed by atoms with van der Waals surface area (Å²) < 4.78 is 3.58. The van der Waals surface area contributed by atoms with Crippen LogP contribution in [0.25, 0.3) is 11.6 Å². The Hall–Kier alpha value is -2.96. The molecule has 128 valence electrons. The molecular weight excluding hydrogens is 316 g/mol. The van der Waals surface area contributed by atoms with Gasteiger partial charge >= 0.3 is 0 Å². The van der Waals surface area contributed by atoms with E-state index in [1.54, 1.807) is 46.3 Å². The van der Waals surface area contributed by atoms with E-state index in [-0.39, 0.29) is 11.9 Å². The summed E-state index contributed by atoms with van der Waals surface area (Å²) in [6, 6.07) is 3.85. The van der Waals surface area contributed by atoms with Gasteiger partial charge in [0.1, 0.15) is 24.3 Å². The summed E-state index contributed by atoms with van der Waals surface area (Å²) in [5, 5.41) is 3.16. The quantitative estimate of drug-likeness (QED) is 0.794. The third-order valence-electron chi connectivity index (χ3n) is 4.54. The van der Waals surface area contributed by atoms with Crippen molar-refractivity contribution >= 4 is 5.91 Å². The van der Waals surface area contributed by atoms with E-state index in [0.717, 1.165) is 12.8 Å². The van der Waals surface area contributed by atoms with E-state index >= 15 is 0 Å². The molecule has 1 fully saturated rings. The molecule has 7 heteroatoms. The number of nitrogens with one attached hydrogen (secondary N) is 1. The molecule has 1 aliphatic rings. The van der Waals surface area contributed by atoms with E-state index < -0.39 is 0 Å². The van der Waals surface area contributed by atoms with Crippen LogP contribution in [-0.4, -0.2) is 36.0 Å².